The number of Topliss-reactive ketones (excluding diaryl/α,β-unsaturated/α-hetero) is 1. The van der Waals surface area contributed by atoms with Crippen molar-refractivity contribution in [3.63, 3.8) is 0 Å². The number of hydrogen-bond donors (Lipinski definition) is 1. The van der Waals surface area contributed by atoms with Gasteiger partial charge < -0.3 is 5.32 Å². The lowest BCUT2D eigenvalue weighted by atomic mass is 10.0. The molecule has 0 radical (unpaired) electrons. The van der Waals surface area contributed by atoms with Crippen molar-refractivity contribution < 1.29 is 9.59 Å². The highest BCUT2D eigenvalue weighted by Gasteiger charge is 2.10. The van der Waals surface area contributed by atoms with Crippen molar-refractivity contribution in [2.24, 2.45) is 5.92 Å². The molecule has 0 bridgehead atoms. The third kappa shape index (κ3) is 4.32. The predicted molar refractivity (Wildman–Crippen MR) is 72.5 cm³/mol. The molecule has 0 heterocycles. The summed E-state index contributed by atoms with van der Waals surface area (Å²) in [6, 6.07) is 6.05. The van der Waals surface area contributed by atoms with Gasteiger partial charge in [-0.05, 0) is 25.0 Å². The SMILES string of the molecule is Cc1ccc(C)c(CC(=O)NCC(=O)C(C)C)c1. The number of ketones is 1. The highest BCUT2D eigenvalue weighted by atomic mass is 16.2. The van der Waals surface area contributed by atoms with E-state index < -0.39 is 0 Å². The monoisotopic (exact) mass is 247 g/mol. The minimum Gasteiger partial charge on any atom is -0.349 e. The van der Waals surface area contributed by atoms with Gasteiger partial charge >= 0.3 is 0 Å². The largest absolute Gasteiger partial charge is 0.349 e. The van der Waals surface area contributed by atoms with Gasteiger partial charge in [-0.3, -0.25) is 9.59 Å². The third-order valence-corrected chi connectivity index (χ3v) is 2.96. The molecule has 3 nitrogen and oxygen atoms in total. The summed E-state index contributed by atoms with van der Waals surface area (Å²) in [4.78, 5) is 23.1. The third-order valence-electron chi connectivity index (χ3n) is 2.96. The zero-order valence-electron chi connectivity index (χ0n) is 11.5. The normalized spacial score (nSPS) is 10.5. The van der Waals surface area contributed by atoms with Crippen LogP contribution in [0.25, 0.3) is 0 Å². The molecule has 1 aromatic rings. The predicted octanol–water partition coefficient (Wildman–Crippen LogP) is 2.19. The van der Waals surface area contributed by atoms with E-state index in [-0.39, 0.29) is 24.2 Å². The lowest BCUT2D eigenvalue weighted by molar-refractivity contribution is -0.126. The van der Waals surface area contributed by atoms with Gasteiger partial charge in [0.1, 0.15) is 0 Å². The zero-order valence-corrected chi connectivity index (χ0v) is 11.5. The molecule has 1 N–H and O–H groups in total. The van der Waals surface area contributed by atoms with Crippen molar-refractivity contribution in [1.82, 2.24) is 5.32 Å². The number of amides is 1. The fourth-order valence-corrected chi connectivity index (χ4v) is 1.62. The van der Waals surface area contributed by atoms with Gasteiger partial charge in [-0.1, -0.05) is 37.6 Å². The summed E-state index contributed by atoms with van der Waals surface area (Å²) in [5, 5.41) is 2.67. The van der Waals surface area contributed by atoms with Crippen molar-refractivity contribution in [1.29, 1.82) is 0 Å². The number of nitrogens with one attached hydrogen (secondary N) is 1. The van der Waals surface area contributed by atoms with Crippen molar-refractivity contribution in [3.8, 4) is 0 Å². The van der Waals surface area contributed by atoms with E-state index in [0.717, 1.165) is 16.7 Å². The Morgan fingerprint density at radius 1 is 1.22 bits per heavy atom. The lowest BCUT2D eigenvalue weighted by Crippen LogP contribution is -2.32. The van der Waals surface area contributed by atoms with Crippen LogP contribution in [0.5, 0.6) is 0 Å². The molecule has 0 aliphatic rings. The summed E-state index contributed by atoms with van der Waals surface area (Å²) in [5.41, 5.74) is 3.26. The molecule has 3 heteroatoms. The van der Waals surface area contributed by atoms with Crippen LogP contribution in [-0.2, 0) is 16.0 Å². The van der Waals surface area contributed by atoms with E-state index in [1.54, 1.807) is 0 Å². The Bertz CT molecular complexity index is 450. The second-order valence-electron chi connectivity index (χ2n) is 5.00. The van der Waals surface area contributed by atoms with Gasteiger partial charge in [0.2, 0.25) is 5.91 Å². The average molecular weight is 247 g/mol. The van der Waals surface area contributed by atoms with E-state index in [0.29, 0.717) is 6.42 Å². The molecular weight excluding hydrogens is 226 g/mol. The molecule has 98 valence electrons. The van der Waals surface area contributed by atoms with Gasteiger partial charge in [0.25, 0.3) is 0 Å². The van der Waals surface area contributed by atoms with Gasteiger partial charge in [0.05, 0.1) is 13.0 Å². The quantitative estimate of drug-likeness (QED) is 0.867. The van der Waals surface area contributed by atoms with Crippen molar-refractivity contribution in [3.05, 3.63) is 34.9 Å². The molecule has 0 aromatic heterocycles. The smallest absolute Gasteiger partial charge is 0.224 e. The first-order chi connectivity index (χ1) is 8.40. The van der Waals surface area contributed by atoms with Crippen LogP contribution in [0, 0.1) is 19.8 Å². The minimum absolute atomic E-state index is 0.0361. The molecule has 0 spiro atoms. The van der Waals surface area contributed by atoms with E-state index in [4.69, 9.17) is 0 Å². The van der Waals surface area contributed by atoms with E-state index >= 15 is 0 Å². The molecule has 0 fully saturated rings. The fourth-order valence-electron chi connectivity index (χ4n) is 1.62. The van der Waals surface area contributed by atoms with Crippen LogP contribution in [-0.4, -0.2) is 18.2 Å². The van der Waals surface area contributed by atoms with Crippen LogP contribution >= 0.6 is 0 Å². The molecule has 0 saturated heterocycles. The molecule has 0 unspecified atom stereocenters. The first-order valence-electron chi connectivity index (χ1n) is 6.25. The molecule has 0 saturated carbocycles. The standard InChI is InChI=1S/C15H21NO2/c1-10(2)14(17)9-16-15(18)8-13-7-11(3)5-6-12(13)4/h5-7,10H,8-9H2,1-4H3,(H,16,18). The van der Waals surface area contributed by atoms with Crippen molar-refractivity contribution in [2.45, 2.75) is 34.1 Å². The Morgan fingerprint density at radius 3 is 2.50 bits per heavy atom. The minimum atomic E-state index is -0.0994. The number of benzene rings is 1. The molecule has 0 aliphatic heterocycles. The van der Waals surface area contributed by atoms with Crippen molar-refractivity contribution >= 4 is 11.7 Å². The molecular formula is C15H21NO2. The highest BCUT2D eigenvalue weighted by Crippen LogP contribution is 2.11. The maximum atomic E-state index is 11.7. The summed E-state index contributed by atoms with van der Waals surface area (Å²) >= 11 is 0. The first kappa shape index (κ1) is 14.4. The summed E-state index contributed by atoms with van der Waals surface area (Å²) in [6.07, 6.45) is 0.332. The van der Waals surface area contributed by atoms with Crippen LogP contribution < -0.4 is 5.32 Å². The Balaban J connectivity index is 2.55. The van der Waals surface area contributed by atoms with Crippen LogP contribution in [0.2, 0.25) is 0 Å². The zero-order chi connectivity index (χ0) is 13.7. The first-order valence-corrected chi connectivity index (χ1v) is 6.25. The van der Waals surface area contributed by atoms with E-state index in [2.05, 4.69) is 5.32 Å². The van der Waals surface area contributed by atoms with Gasteiger partial charge in [-0.15, -0.1) is 0 Å². The number of carbonyl (C=O) groups excluding carboxylic acids is 2. The summed E-state index contributed by atoms with van der Waals surface area (Å²) in [6.45, 7) is 7.78. The van der Waals surface area contributed by atoms with Crippen molar-refractivity contribution in [2.75, 3.05) is 6.54 Å². The summed E-state index contributed by atoms with van der Waals surface area (Å²) in [5.74, 6) is -0.0759. The van der Waals surface area contributed by atoms with Gasteiger partial charge in [-0.2, -0.15) is 0 Å². The highest BCUT2D eigenvalue weighted by molar-refractivity contribution is 5.87. The van der Waals surface area contributed by atoms with Crippen LogP contribution in [0.4, 0.5) is 0 Å². The van der Waals surface area contributed by atoms with E-state index in [1.807, 2.05) is 45.9 Å². The maximum Gasteiger partial charge on any atom is 0.224 e. The molecule has 1 rings (SSSR count). The van der Waals surface area contributed by atoms with Crippen LogP contribution in [0.15, 0.2) is 18.2 Å². The van der Waals surface area contributed by atoms with E-state index in [9.17, 15) is 9.59 Å². The second kappa shape index (κ2) is 6.34. The lowest BCUT2D eigenvalue weighted by Gasteiger charge is -2.09. The van der Waals surface area contributed by atoms with Crippen LogP contribution in [0.1, 0.15) is 30.5 Å². The number of rotatable bonds is 5. The molecule has 0 aliphatic carbocycles. The molecule has 0 atom stereocenters. The number of aryl methyl sites for hydroxylation is 2. The maximum absolute atomic E-state index is 11.7. The fraction of sp³-hybridized carbons (Fsp3) is 0.467. The molecule has 18 heavy (non-hydrogen) atoms. The van der Waals surface area contributed by atoms with Gasteiger partial charge in [-0.25, -0.2) is 0 Å². The van der Waals surface area contributed by atoms with Crippen LogP contribution in [0.3, 0.4) is 0 Å². The number of hydrogen-bond acceptors (Lipinski definition) is 2. The summed E-state index contributed by atoms with van der Waals surface area (Å²) < 4.78 is 0. The molecule has 1 amide bonds. The topological polar surface area (TPSA) is 46.2 Å². The Morgan fingerprint density at radius 2 is 1.89 bits per heavy atom. The Kier molecular flexibility index (Phi) is 5.08. The molecule has 1 aromatic carbocycles. The summed E-state index contributed by atoms with van der Waals surface area (Å²) in [7, 11) is 0. The van der Waals surface area contributed by atoms with E-state index in [1.165, 1.54) is 0 Å². The Labute approximate surface area is 109 Å². The Hall–Kier alpha value is -1.64. The number of carbonyl (C=O) groups is 2. The van der Waals surface area contributed by atoms with Gasteiger partial charge in [0.15, 0.2) is 5.78 Å². The second-order valence-corrected chi connectivity index (χ2v) is 5.00. The average Bonchev–Trinajstić information content (AvgIpc) is 2.30. The van der Waals surface area contributed by atoms with Gasteiger partial charge in [0, 0.05) is 5.92 Å².